The molecule has 0 aromatic heterocycles. The monoisotopic (exact) mass is 251 g/mol. The summed E-state index contributed by atoms with van der Waals surface area (Å²) in [5.41, 5.74) is 1.03. The van der Waals surface area contributed by atoms with Gasteiger partial charge in [0.1, 0.15) is 6.61 Å². The number of para-hydroxylation sites is 1. The number of hydrogen-bond acceptors (Lipinski definition) is 3. The van der Waals surface area contributed by atoms with Gasteiger partial charge in [-0.25, -0.2) is 0 Å². The number of nitrogens with zero attached hydrogens (tertiary/aromatic N) is 1. The molecule has 0 atom stereocenters. The maximum atomic E-state index is 12.1. The van der Waals surface area contributed by atoms with Crippen LogP contribution in [0, 0.1) is 0 Å². The van der Waals surface area contributed by atoms with Crippen LogP contribution < -0.4 is 4.90 Å². The van der Waals surface area contributed by atoms with Crippen molar-refractivity contribution >= 4 is 23.4 Å². The topological polar surface area (TPSA) is 29.5 Å². The van der Waals surface area contributed by atoms with E-state index >= 15 is 0 Å². The van der Waals surface area contributed by atoms with E-state index in [1.165, 1.54) is 4.90 Å². The predicted octanol–water partition coefficient (Wildman–Crippen LogP) is 2.55. The Kier molecular flexibility index (Phi) is 4.45. The number of fused-ring (bicyclic) bond motifs is 1. The average molecular weight is 251 g/mol. The lowest BCUT2D eigenvalue weighted by atomic mass is 10.2. The van der Waals surface area contributed by atoms with Crippen molar-refractivity contribution < 1.29 is 9.53 Å². The summed E-state index contributed by atoms with van der Waals surface area (Å²) in [5.74, 6) is 1.12. The van der Waals surface area contributed by atoms with Crippen LogP contribution in [0.4, 0.5) is 5.69 Å². The fourth-order valence-electron chi connectivity index (χ4n) is 1.85. The normalized spacial score (nSPS) is 15.2. The first-order chi connectivity index (χ1) is 8.33. The molecule has 1 heterocycles. The summed E-state index contributed by atoms with van der Waals surface area (Å²) in [6, 6.07) is 8.08. The molecular formula is C13H17NO2S. The molecule has 1 aromatic carbocycles. The number of rotatable bonds is 3. The number of carbonyl (C=O) groups excluding carboxylic acids is 1. The molecule has 92 valence electrons. The standard InChI is InChI=1S/C13H17NO2S/c1-2-16-10-13(15)14-8-5-9-17-12-7-4-3-6-11(12)14/h3-4,6-7H,2,5,8-10H2,1H3. The van der Waals surface area contributed by atoms with Gasteiger partial charge in [-0.2, -0.15) is 0 Å². The number of benzene rings is 1. The van der Waals surface area contributed by atoms with Gasteiger partial charge in [0, 0.05) is 18.0 Å². The van der Waals surface area contributed by atoms with Crippen molar-refractivity contribution in [2.75, 3.05) is 30.4 Å². The lowest BCUT2D eigenvalue weighted by Gasteiger charge is -2.22. The third-order valence-corrected chi connectivity index (χ3v) is 3.82. The van der Waals surface area contributed by atoms with E-state index in [1.54, 1.807) is 0 Å². The molecule has 2 rings (SSSR count). The highest BCUT2D eigenvalue weighted by molar-refractivity contribution is 7.99. The summed E-state index contributed by atoms with van der Waals surface area (Å²) >= 11 is 1.82. The summed E-state index contributed by atoms with van der Waals surface area (Å²) in [6.07, 6.45) is 1.03. The Bertz CT molecular complexity index is 395. The van der Waals surface area contributed by atoms with E-state index in [-0.39, 0.29) is 12.5 Å². The maximum Gasteiger partial charge on any atom is 0.253 e. The van der Waals surface area contributed by atoms with Crippen LogP contribution in [0.5, 0.6) is 0 Å². The van der Waals surface area contributed by atoms with Gasteiger partial charge in [0.05, 0.1) is 5.69 Å². The van der Waals surface area contributed by atoms with Crippen LogP contribution in [-0.2, 0) is 9.53 Å². The van der Waals surface area contributed by atoms with Crippen molar-refractivity contribution in [1.82, 2.24) is 0 Å². The fourth-order valence-corrected chi connectivity index (χ4v) is 2.85. The smallest absolute Gasteiger partial charge is 0.253 e. The SMILES string of the molecule is CCOCC(=O)N1CCCSc2ccccc21. The van der Waals surface area contributed by atoms with Crippen LogP contribution in [0.25, 0.3) is 0 Å². The molecule has 0 radical (unpaired) electrons. The van der Waals surface area contributed by atoms with Gasteiger partial charge < -0.3 is 9.64 Å². The quantitative estimate of drug-likeness (QED) is 0.827. The summed E-state index contributed by atoms with van der Waals surface area (Å²) in [5, 5.41) is 0. The predicted molar refractivity (Wildman–Crippen MR) is 70.6 cm³/mol. The molecule has 1 amide bonds. The van der Waals surface area contributed by atoms with Crippen molar-refractivity contribution in [3.63, 3.8) is 0 Å². The van der Waals surface area contributed by atoms with Gasteiger partial charge in [0.25, 0.3) is 5.91 Å². The Labute approximate surface area is 106 Å². The highest BCUT2D eigenvalue weighted by Crippen LogP contribution is 2.33. The van der Waals surface area contributed by atoms with E-state index in [0.717, 1.165) is 24.4 Å². The minimum absolute atomic E-state index is 0.0572. The third-order valence-electron chi connectivity index (χ3n) is 2.67. The summed E-state index contributed by atoms with van der Waals surface area (Å²) in [6.45, 7) is 3.45. The largest absolute Gasteiger partial charge is 0.372 e. The van der Waals surface area contributed by atoms with Gasteiger partial charge in [-0.15, -0.1) is 11.8 Å². The van der Waals surface area contributed by atoms with Gasteiger partial charge in [0.15, 0.2) is 0 Å². The number of ether oxygens (including phenoxy) is 1. The van der Waals surface area contributed by atoms with Gasteiger partial charge in [-0.1, -0.05) is 12.1 Å². The third kappa shape index (κ3) is 3.01. The lowest BCUT2D eigenvalue weighted by Crippen LogP contribution is -2.34. The highest BCUT2D eigenvalue weighted by atomic mass is 32.2. The van der Waals surface area contributed by atoms with Gasteiger partial charge >= 0.3 is 0 Å². The summed E-state index contributed by atoms with van der Waals surface area (Å²) in [7, 11) is 0. The van der Waals surface area contributed by atoms with E-state index in [0.29, 0.717) is 6.61 Å². The molecule has 0 unspecified atom stereocenters. The highest BCUT2D eigenvalue weighted by Gasteiger charge is 2.20. The molecule has 0 bridgehead atoms. The molecule has 0 saturated heterocycles. The van der Waals surface area contributed by atoms with Crippen LogP contribution in [-0.4, -0.2) is 31.4 Å². The Morgan fingerprint density at radius 3 is 3.12 bits per heavy atom. The zero-order chi connectivity index (χ0) is 12.1. The van der Waals surface area contributed by atoms with E-state index < -0.39 is 0 Å². The van der Waals surface area contributed by atoms with Crippen molar-refractivity contribution in [1.29, 1.82) is 0 Å². The molecule has 0 saturated carbocycles. The average Bonchev–Trinajstić information content (AvgIpc) is 2.58. The molecule has 17 heavy (non-hydrogen) atoms. The number of thioether (sulfide) groups is 1. The molecule has 1 aliphatic rings. The molecular weight excluding hydrogens is 234 g/mol. The number of amides is 1. The van der Waals surface area contributed by atoms with Crippen LogP contribution in [0.1, 0.15) is 13.3 Å². The van der Waals surface area contributed by atoms with Crippen LogP contribution in [0.2, 0.25) is 0 Å². The van der Waals surface area contributed by atoms with Crippen molar-refractivity contribution in [2.45, 2.75) is 18.2 Å². The Hall–Kier alpha value is -1.00. The van der Waals surface area contributed by atoms with E-state index in [1.807, 2.05) is 41.8 Å². The molecule has 0 spiro atoms. The molecule has 3 nitrogen and oxygen atoms in total. The van der Waals surface area contributed by atoms with E-state index in [4.69, 9.17) is 4.74 Å². The minimum Gasteiger partial charge on any atom is -0.372 e. The molecule has 1 aromatic rings. The van der Waals surface area contributed by atoms with Crippen LogP contribution in [0.3, 0.4) is 0 Å². The minimum atomic E-state index is 0.0572. The van der Waals surface area contributed by atoms with Crippen molar-refractivity contribution in [2.24, 2.45) is 0 Å². The number of anilines is 1. The first-order valence-corrected chi connectivity index (χ1v) is 6.91. The molecule has 0 N–H and O–H groups in total. The lowest BCUT2D eigenvalue weighted by molar-refractivity contribution is -0.123. The Morgan fingerprint density at radius 2 is 2.29 bits per heavy atom. The van der Waals surface area contributed by atoms with Crippen molar-refractivity contribution in [3.8, 4) is 0 Å². The molecule has 1 aliphatic heterocycles. The Balaban J connectivity index is 2.19. The second kappa shape index (κ2) is 6.07. The fraction of sp³-hybridized carbons (Fsp3) is 0.462. The summed E-state index contributed by atoms with van der Waals surface area (Å²) < 4.78 is 5.21. The molecule has 4 heteroatoms. The van der Waals surface area contributed by atoms with Crippen molar-refractivity contribution in [3.05, 3.63) is 24.3 Å². The van der Waals surface area contributed by atoms with Crippen LogP contribution in [0.15, 0.2) is 29.2 Å². The maximum absolute atomic E-state index is 12.1. The van der Waals surface area contributed by atoms with E-state index in [2.05, 4.69) is 6.07 Å². The zero-order valence-electron chi connectivity index (χ0n) is 10.0. The number of carbonyl (C=O) groups is 1. The second-order valence-electron chi connectivity index (χ2n) is 3.85. The summed E-state index contributed by atoms with van der Waals surface area (Å²) in [4.78, 5) is 15.1. The number of hydrogen-bond donors (Lipinski definition) is 0. The van der Waals surface area contributed by atoms with Gasteiger partial charge in [-0.05, 0) is 31.2 Å². The van der Waals surface area contributed by atoms with Crippen LogP contribution >= 0.6 is 11.8 Å². The first-order valence-electron chi connectivity index (χ1n) is 5.93. The van der Waals surface area contributed by atoms with Gasteiger partial charge in [0.2, 0.25) is 0 Å². The molecule has 0 fully saturated rings. The first kappa shape index (κ1) is 12.5. The second-order valence-corrected chi connectivity index (χ2v) is 4.99. The van der Waals surface area contributed by atoms with E-state index in [9.17, 15) is 4.79 Å². The zero-order valence-corrected chi connectivity index (χ0v) is 10.8. The molecule has 0 aliphatic carbocycles. The van der Waals surface area contributed by atoms with Gasteiger partial charge in [-0.3, -0.25) is 4.79 Å². The Morgan fingerprint density at radius 1 is 1.47 bits per heavy atom.